The average molecular weight is 376 g/mol. The largest absolute Gasteiger partial charge is 0.454 e. The summed E-state index contributed by atoms with van der Waals surface area (Å²) < 4.78 is 11.5. The van der Waals surface area contributed by atoms with Crippen LogP contribution in [0.5, 0.6) is 0 Å². The summed E-state index contributed by atoms with van der Waals surface area (Å²) in [6.45, 7) is 1.56. The van der Waals surface area contributed by atoms with Crippen LogP contribution < -0.4 is 5.56 Å². The number of para-hydroxylation sites is 1. The maximum Gasteiger partial charge on any atom is 0.326 e. The quantitative estimate of drug-likeness (QED) is 0.493. The van der Waals surface area contributed by atoms with Crippen LogP contribution in [0.3, 0.4) is 0 Å². The molecule has 2 heterocycles. The molecule has 0 atom stereocenters. The van der Waals surface area contributed by atoms with Gasteiger partial charge in [-0.3, -0.25) is 14.2 Å². The van der Waals surface area contributed by atoms with Crippen LogP contribution in [0.25, 0.3) is 22.3 Å². The fourth-order valence-electron chi connectivity index (χ4n) is 2.68. The Hall–Kier alpha value is -3.81. The molecule has 4 aromatic rings. The number of aromatic nitrogens is 4. The van der Waals surface area contributed by atoms with Gasteiger partial charge in [0.15, 0.2) is 6.61 Å². The van der Waals surface area contributed by atoms with Crippen LogP contribution >= 0.6 is 0 Å². The van der Waals surface area contributed by atoms with Gasteiger partial charge in [0, 0.05) is 5.56 Å². The Balaban J connectivity index is 1.41. The summed E-state index contributed by atoms with van der Waals surface area (Å²) in [6, 6.07) is 14.6. The molecule has 0 radical (unpaired) electrons. The molecule has 0 N–H and O–H groups in total. The fourth-order valence-corrected chi connectivity index (χ4v) is 2.68. The van der Waals surface area contributed by atoms with E-state index in [0.29, 0.717) is 16.7 Å². The number of benzene rings is 2. The van der Waals surface area contributed by atoms with Crippen molar-refractivity contribution in [2.45, 2.75) is 20.1 Å². The van der Waals surface area contributed by atoms with Gasteiger partial charge in [-0.1, -0.05) is 47.1 Å². The smallest absolute Gasteiger partial charge is 0.326 e. The molecule has 8 nitrogen and oxygen atoms in total. The number of carbonyl (C=O) groups is 1. The Bertz CT molecular complexity index is 1190. The number of carbonyl (C=O) groups excluding carboxylic acids is 1. The van der Waals surface area contributed by atoms with E-state index in [2.05, 4.69) is 15.1 Å². The molecule has 0 aliphatic rings. The Labute approximate surface area is 159 Å². The molecule has 0 aliphatic carbocycles. The average Bonchev–Trinajstić information content (AvgIpc) is 3.18. The molecule has 0 aliphatic heterocycles. The van der Waals surface area contributed by atoms with Gasteiger partial charge in [-0.15, -0.1) is 0 Å². The van der Waals surface area contributed by atoms with E-state index < -0.39 is 5.97 Å². The molecular weight excluding hydrogens is 360 g/mol. The number of fused-ring (bicyclic) bond motifs is 1. The number of aryl methyl sites for hydroxylation is 1. The zero-order valence-electron chi connectivity index (χ0n) is 15.0. The second kappa shape index (κ2) is 7.43. The van der Waals surface area contributed by atoms with E-state index in [1.54, 1.807) is 24.3 Å². The fraction of sp³-hybridized carbons (Fsp3) is 0.150. The predicted molar refractivity (Wildman–Crippen MR) is 100 cm³/mol. The maximum atomic E-state index is 12.4. The Morgan fingerprint density at radius 3 is 2.75 bits per heavy atom. The molecule has 2 aromatic carbocycles. The highest BCUT2D eigenvalue weighted by Gasteiger charge is 2.13. The second-order valence-electron chi connectivity index (χ2n) is 6.23. The molecule has 28 heavy (non-hydrogen) atoms. The van der Waals surface area contributed by atoms with E-state index in [0.717, 1.165) is 11.1 Å². The molecule has 0 saturated carbocycles. The Morgan fingerprint density at radius 1 is 1.14 bits per heavy atom. The second-order valence-corrected chi connectivity index (χ2v) is 6.23. The SMILES string of the molecule is Cc1ccc(-c2noc(COC(=O)Cn3cnc4ccccc4c3=O)n2)cc1. The van der Waals surface area contributed by atoms with E-state index in [1.165, 1.54) is 10.9 Å². The molecule has 8 heteroatoms. The number of rotatable bonds is 5. The van der Waals surface area contributed by atoms with Crippen molar-refractivity contribution in [1.82, 2.24) is 19.7 Å². The number of nitrogens with zero attached hydrogens (tertiary/aromatic N) is 4. The van der Waals surface area contributed by atoms with Crippen LogP contribution in [0.4, 0.5) is 0 Å². The minimum absolute atomic E-state index is 0.173. The Kier molecular flexibility index (Phi) is 4.67. The van der Waals surface area contributed by atoms with Gasteiger partial charge in [0.2, 0.25) is 5.82 Å². The Morgan fingerprint density at radius 2 is 1.93 bits per heavy atom. The van der Waals surface area contributed by atoms with E-state index in [-0.39, 0.29) is 24.6 Å². The molecule has 0 spiro atoms. The van der Waals surface area contributed by atoms with Crippen LogP contribution in [-0.4, -0.2) is 25.7 Å². The summed E-state index contributed by atoms with van der Waals surface area (Å²) in [7, 11) is 0. The van der Waals surface area contributed by atoms with Gasteiger partial charge in [0.1, 0.15) is 6.54 Å². The first-order valence-electron chi connectivity index (χ1n) is 8.59. The normalized spacial score (nSPS) is 10.9. The molecule has 2 aromatic heterocycles. The van der Waals surface area contributed by atoms with Gasteiger partial charge in [-0.25, -0.2) is 4.98 Å². The number of hydrogen-bond acceptors (Lipinski definition) is 7. The summed E-state index contributed by atoms with van der Waals surface area (Å²) in [4.78, 5) is 32.9. The van der Waals surface area contributed by atoms with Crippen molar-refractivity contribution in [2.24, 2.45) is 0 Å². The third kappa shape index (κ3) is 3.66. The standard InChI is InChI=1S/C20H16N4O4/c1-13-6-8-14(9-7-13)19-22-17(28-23-19)11-27-18(25)10-24-12-21-16-5-3-2-4-15(16)20(24)26/h2-9,12H,10-11H2,1H3. The van der Waals surface area contributed by atoms with Gasteiger partial charge < -0.3 is 9.26 Å². The lowest BCUT2D eigenvalue weighted by Crippen LogP contribution is -2.25. The highest BCUT2D eigenvalue weighted by atomic mass is 16.6. The lowest BCUT2D eigenvalue weighted by Gasteiger charge is -2.06. The van der Waals surface area contributed by atoms with Gasteiger partial charge in [-0.2, -0.15) is 4.98 Å². The predicted octanol–water partition coefficient (Wildman–Crippen LogP) is 2.50. The van der Waals surface area contributed by atoms with Crippen molar-refractivity contribution in [3.05, 3.63) is 76.7 Å². The number of ether oxygens (including phenoxy) is 1. The van der Waals surface area contributed by atoms with Gasteiger partial charge >= 0.3 is 5.97 Å². The van der Waals surface area contributed by atoms with E-state index in [4.69, 9.17) is 9.26 Å². The topological polar surface area (TPSA) is 100 Å². The zero-order chi connectivity index (χ0) is 19.5. The van der Waals surface area contributed by atoms with Crippen molar-refractivity contribution < 1.29 is 14.1 Å². The first kappa shape index (κ1) is 17.6. The zero-order valence-corrected chi connectivity index (χ0v) is 15.0. The minimum atomic E-state index is -0.603. The molecule has 140 valence electrons. The van der Waals surface area contributed by atoms with E-state index in [9.17, 15) is 9.59 Å². The highest BCUT2D eigenvalue weighted by Crippen LogP contribution is 2.16. The lowest BCUT2D eigenvalue weighted by molar-refractivity contribution is -0.146. The maximum absolute atomic E-state index is 12.4. The molecule has 0 saturated heterocycles. The van der Waals surface area contributed by atoms with Crippen molar-refractivity contribution in [1.29, 1.82) is 0 Å². The van der Waals surface area contributed by atoms with E-state index in [1.807, 2.05) is 31.2 Å². The summed E-state index contributed by atoms with van der Waals surface area (Å²) in [6.07, 6.45) is 1.33. The minimum Gasteiger partial charge on any atom is -0.454 e. The molecule has 4 rings (SSSR count). The van der Waals surface area contributed by atoms with Crippen molar-refractivity contribution in [3.8, 4) is 11.4 Å². The van der Waals surface area contributed by atoms with Crippen LogP contribution in [-0.2, 0) is 22.7 Å². The summed E-state index contributed by atoms with van der Waals surface area (Å²) >= 11 is 0. The monoisotopic (exact) mass is 376 g/mol. The molecule has 0 unspecified atom stereocenters. The molecular formula is C20H16N4O4. The first-order chi connectivity index (χ1) is 13.6. The first-order valence-corrected chi connectivity index (χ1v) is 8.59. The number of esters is 1. The molecule has 0 amide bonds. The summed E-state index contributed by atoms with van der Waals surface area (Å²) in [5.74, 6) is -0.0110. The van der Waals surface area contributed by atoms with Crippen LogP contribution in [0.15, 0.2) is 64.2 Å². The highest BCUT2D eigenvalue weighted by molar-refractivity contribution is 5.77. The van der Waals surface area contributed by atoms with Gasteiger partial charge in [0.25, 0.3) is 11.4 Å². The van der Waals surface area contributed by atoms with Crippen LogP contribution in [0, 0.1) is 6.92 Å². The van der Waals surface area contributed by atoms with Crippen molar-refractivity contribution in [2.75, 3.05) is 0 Å². The van der Waals surface area contributed by atoms with Crippen molar-refractivity contribution in [3.63, 3.8) is 0 Å². The van der Waals surface area contributed by atoms with Crippen molar-refractivity contribution >= 4 is 16.9 Å². The lowest BCUT2D eigenvalue weighted by atomic mass is 10.1. The van der Waals surface area contributed by atoms with Crippen LogP contribution in [0.2, 0.25) is 0 Å². The van der Waals surface area contributed by atoms with E-state index >= 15 is 0 Å². The van der Waals surface area contributed by atoms with Crippen LogP contribution in [0.1, 0.15) is 11.5 Å². The van der Waals surface area contributed by atoms with Gasteiger partial charge in [0.05, 0.1) is 17.2 Å². The molecule has 0 bridgehead atoms. The summed E-state index contributed by atoms with van der Waals surface area (Å²) in [5, 5.41) is 4.33. The number of hydrogen-bond donors (Lipinski definition) is 0. The summed E-state index contributed by atoms with van der Waals surface area (Å²) in [5.41, 5.74) is 2.20. The third-order valence-electron chi connectivity index (χ3n) is 4.17. The van der Waals surface area contributed by atoms with Gasteiger partial charge in [-0.05, 0) is 19.1 Å². The third-order valence-corrected chi connectivity index (χ3v) is 4.17. The molecule has 0 fully saturated rings.